The van der Waals surface area contributed by atoms with Crippen molar-refractivity contribution >= 4 is 11.9 Å². The van der Waals surface area contributed by atoms with Crippen LogP contribution in [0.3, 0.4) is 0 Å². The molecule has 0 aromatic rings. The number of carbonyl (C=O) groups is 2. The fourth-order valence-corrected chi connectivity index (χ4v) is 13.6. The first-order valence-corrected chi connectivity index (χ1v) is 20.8. The molecular formula is C42H66O14. The lowest BCUT2D eigenvalue weighted by Gasteiger charge is -2.71. The molecule has 0 amide bonds. The summed E-state index contributed by atoms with van der Waals surface area (Å²) in [5.41, 5.74) is 0.0256. The highest BCUT2D eigenvalue weighted by Crippen LogP contribution is 2.76. The summed E-state index contributed by atoms with van der Waals surface area (Å²) >= 11 is 0. The lowest BCUT2D eigenvalue weighted by Crippen LogP contribution is -2.67. The second-order valence-electron chi connectivity index (χ2n) is 20.7. The number of aliphatic hydroxyl groups excluding tert-OH is 6. The van der Waals surface area contributed by atoms with Gasteiger partial charge in [-0.3, -0.25) is 4.79 Å². The molecule has 0 bridgehead atoms. The average Bonchev–Trinajstić information content (AvgIpc) is 3.12. The summed E-state index contributed by atoms with van der Waals surface area (Å²) in [6.07, 6.45) is -6.86. The second-order valence-corrected chi connectivity index (χ2v) is 20.7. The van der Waals surface area contributed by atoms with Crippen LogP contribution in [-0.2, 0) is 28.5 Å². The van der Waals surface area contributed by atoms with Crippen LogP contribution in [0.25, 0.3) is 0 Å². The second kappa shape index (κ2) is 14.2. The Labute approximate surface area is 329 Å². The molecule has 6 fully saturated rings. The molecule has 4 saturated carbocycles. The maximum atomic E-state index is 13.1. The zero-order valence-electron chi connectivity index (χ0n) is 34.0. The van der Waals surface area contributed by atoms with Gasteiger partial charge in [-0.05, 0) is 109 Å². The minimum absolute atomic E-state index is 0.0251. The van der Waals surface area contributed by atoms with Crippen molar-refractivity contribution in [2.24, 2.45) is 50.2 Å². The predicted octanol–water partition coefficient (Wildman–Crippen LogP) is 2.97. The van der Waals surface area contributed by atoms with Crippen LogP contribution >= 0.6 is 0 Å². The summed E-state index contributed by atoms with van der Waals surface area (Å²) in [5, 5.41) is 83.8. The van der Waals surface area contributed by atoms with Crippen LogP contribution in [0.15, 0.2) is 11.6 Å². The van der Waals surface area contributed by atoms with Crippen molar-refractivity contribution in [2.75, 3.05) is 6.61 Å². The average molecular weight is 795 g/mol. The van der Waals surface area contributed by atoms with Crippen molar-refractivity contribution in [1.82, 2.24) is 0 Å². The van der Waals surface area contributed by atoms with Gasteiger partial charge in [0.05, 0.1) is 18.1 Å². The number of allylic oxidation sites excluding steroid dienone is 2. The lowest BCUT2D eigenvalue weighted by atomic mass is 9.33. The standard InChI is InChI=1S/C42H66O14/c1-37(2)14-16-42(36(51)52)17-15-40(6)20(21(42)18-37)8-9-24-39(5)12-11-25(38(3,4)23(39)10-13-41(24,40)7)54-35-32(28(46)26(44)22(19-43)53-35)56-34-30(48)27(45)29(47)31(55-34)33(49)50/h8,21-32,34-35,43-48H,9-19H2,1-7H3,(H,49,50)(H,51,52). The van der Waals surface area contributed by atoms with E-state index in [1.165, 1.54) is 5.57 Å². The maximum Gasteiger partial charge on any atom is 0.335 e. The highest BCUT2D eigenvalue weighted by molar-refractivity contribution is 5.76. The van der Waals surface area contributed by atoms with E-state index in [2.05, 4.69) is 54.5 Å². The van der Waals surface area contributed by atoms with Gasteiger partial charge in [0.25, 0.3) is 0 Å². The minimum Gasteiger partial charge on any atom is -0.481 e. The van der Waals surface area contributed by atoms with Gasteiger partial charge in [-0.25, -0.2) is 4.79 Å². The molecule has 318 valence electrons. The molecule has 7 rings (SSSR count). The highest BCUT2D eigenvalue weighted by Gasteiger charge is 2.69. The minimum atomic E-state index is -1.95. The molecule has 2 aliphatic heterocycles. The molecule has 7 aliphatic rings. The number of hydrogen-bond acceptors (Lipinski definition) is 12. The third-order valence-corrected chi connectivity index (χ3v) is 17.2. The molecule has 18 atom stereocenters. The summed E-state index contributed by atoms with van der Waals surface area (Å²) < 4.78 is 24.0. The Hall–Kier alpha value is -1.72. The lowest BCUT2D eigenvalue weighted by molar-refractivity contribution is -0.375. The van der Waals surface area contributed by atoms with Crippen molar-refractivity contribution in [3.8, 4) is 0 Å². The van der Waals surface area contributed by atoms with Gasteiger partial charge in [0.15, 0.2) is 18.7 Å². The van der Waals surface area contributed by atoms with E-state index in [1.54, 1.807) is 0 Å². The zero-order chi connectivity index (χ0) is 41.1. The molecule has 14 heteroatoms. The van der Waals surface area contributed by atoms with Gasteiger partial charge >= 0.3 is 11.9 Å². The number of aliphatic carboxylic acids is 2. The molecule has 56 heavy (non-hydrogen) atoms. The summed E-state index contributed by atoms with van der Waals surface area (Å²) in [5.74, 6) is -1.69. The Kier molecular flexibility index (Phi) is 10.8. The smallest absolute Gasteiger partial charge is 0.335 e. The van der Waals surface area contributed by atoms with E-state index < -0.39 is 96.9 Å². The Morgan fingerprint density at radius 1 is 0.750 bits per heavy atom. The van der Waals surface area contributed by atoms with Crippen LogP contribution in [0, 0.1) is 50.2 Å². The van der Waals surface area contributed by atoms with Crippen LogP contribution < -0.4 is 0 Å². The van der Waals surface area contributed by atoms with Crippen LogP contribution in [0.2, 0.25) is 0 Å². The van der Waals surface area contributed by atoms with Gasteiger partial charge in [-0.2, -0.15) is 0 Å². The normalized spacial score (nSPS) is 52.3. The number of ether oxygens (including phenoxy) is 4. The van der Waals surface area contributed by atoms with E-state index in [1.807, 2.05) is 0 Å². The van der Waals surface area contributed by atoms with Gasteiger partial charge in [0.2, 0.25) is 0 Å². The molecule has 2 heterocycles. The molecule has 0 radical (unpaired) electrons. The molecule has 8 N–H and O–H groups in total. The van der Waals surface area contributed by atoms with Gasteiger partial charge in [-0.1, -0.05) is 60.1 Å². The van der Waals surface area contributed by atoms with Crippen LogP contribution in [0.1, 0.15) is 113 Å². The van der Waals surface area contributed by atoms with Gasteiger partial charge in [0.1, 0.15) is 42.7 Å². The fraction of sp³-hybridized carbons (Fsp3) is 0.905. The first kappa shape index (κ1) is 42.4. The number of carboxylic acids is 2. The van der Waals surface area contributed by atoms with E-state index in [-0.39, 0.29) is 33.5 Å². The fourth-order valence-electron chi connectivity index (χ4n) is 13.6. The predicted molar refractivity (Wildman–Crippen MR) is 198 cm³/mol. The van der Waals surface area contributed by atoms with Crippen molar-refractivity contribution in [3.63, 3.8) is 0 Å². The molecule has 2 saturated heterocycles. The summed E-state index contributed by atoms with van der Waals surface area (Å²) in [7, 11) is 0. The third kappa shape index (κ3) is 6.17. The van der Waals surface area contributed by atoms with Crippen molar-refractivity contribution < 1.29 is 69.4 Å². The zero-order valence-corrected chi connectivity index (χ0v) is 34.0. The molecular weight excluding hydrogens is 728 g/mol. The van der Waals surface area contributed by atoms with Crippen LogP contribution in [0.5, 0.6) is 0 Å². The molecule has 0 spiro atoms. The van der Waals surface area contributed by atoms with Crippen LogP contribution in [-0.4, -0.2) is 127 Å². The van der Waals surface area contributed by atoms with E-state index in [9.17, 15) is 50.4 Å². The number of fused-ring (bicyclic) bond motifs is 7. The number of aliphatic hydroxyl groups is 6. The monoisotopic (exact) mass is 794 g/mol. The number of rotatable bonds is 7. The molecule has 14 nitrogen and oxygen atoms in total. The molecule has 5 aliphatic carbocycles. The van der Waals surface area contributed by atoms with Crippen molar-refractivity contribution in [1.29, 1.82) is 0 Å². The van der Waals surface area contributed by atoms with Gasteiger partial charge in [-0.15, -0.1) is 0 Å². The quantitative estimate of drug-likeness (QED) is 0.137. The van der Waals surface area contributed by atoms with E-state index in [0.717, 1.165) is 51.4 Å². The number of hydrogen-bond donors (Lipinski definition) is 8. The molecule has 0 aromatic heterocycles. The van der Waals surface area contributed by atoms with E-state index in [0.29, 0.717) is 18.8 Å². The number of carboxylic acid groups (broad SMARTS) is 2. The largest absolute Gasteiger partial charge is 0.481 e. The SMILES string of the molecule is CC1(C)CCC2(C(=O)O)CCC3(C)C(=CCC4C5(C)CCC(OC6OC(CO)C(O)C(O)C6OC6OC(C(=O)O)C(O)C(O)C6O)C(C)(C)C5CCC43C)C2C1. The third-order valence-electron chi connectivity index (χ3n) is 17.2. The Morgan fingerprint density at radius 3 is 2.07 bits per heavy atom. The summed E-state index contributed by atoms with van der Waals surface area (Å²) in [6.45, 7) is 15.6. The van der Waals surface area contributed by atoms with Gasteiger partial charge in [0, 0.05) is 0 Å². The highest BCUT2D eigenvalue weighted by atomic mass is 16.8. The Morgan fingerprint density at radius 2 is 1.43 bits per heavy atom. The Bertz CT molecular complexity index is 1560. The van der Waals surface area contributed by atoms with E-state index in [4.69, 9.17) is 18.9 Å². The van der Waals surface area contributed by atoms with Crippen molar-refractivity contribution in [3.05, 3.63) is 11.6 Å². The van der Waals surface area contributed by atoms with Gasteiger partial charge < -0.3 is 59.8 Å². The maximum absolute atomic E-state index is 13.1. The van der Waals surface area contributed by atoms with Crippen LogP contribution in [0.4, 0.5) is 0 Å². The Balaban J connectivity index is 1.15. The topological polar surface area (TPSA) is 233 Å². The molecule has 18 unspecified atom stereocenters. The first-order chi connectivity index (χ1) is 26.0. The molecule has 0 aromatic carbocycles. The first-order valence-electron chi connectivity index (χ1n) is 20.8. The van der Waals surface area contributed by atoms with Crippen molar-refractivity contribution in [2.45, 2.75) is 180 Å². The summed E-state index contributed by atoms with van der Waals surface area (Å²) in [4.78, 5) is 24.8. The van der Waals surface area contributed by atoms with E-state index >= 15 is 0 Å². The summed E-state index contributed by atoms with van der Waals surface area (Å²) in [6, 6.07) is 0.